The Morgan fingerprint density at radius 3 is 2.44 bits per heavy atom. The summed E-state index contributed by atoms with van der Waals surface area (Å²) in [7, 11) is 0. The number of rotatable bonds is 7. The van der Waals surface area contributed by atoms with Crippen molar-refractivity contribution in [3.05, 3.63) is 61.0 Å². The lowest BCUT2D eigenvalue weighted by molar-refractivity contribution is 0.882. The number of hydrogen-bond donors (Lipinski definition) is 1. The third kappa shape index (κ3) is 6.60. The Bertz CT molecular complexity index is 297. The molecule has 0 bridgehead atoms. The van der Waals surface area contributed by atoms with Crippen LogP contribution >= 0.6 is 0 Å². The molecule has 0 atom stereocenters. The molecule has 0 aromatic rings. The van der Waals surface area contributed by atoms with Crippen LogP contribution < -0.4 is 5.32 Å². The summed E-state index contributed by atoms with van der Waals surface area (Å²) >= 11 is 0. The predicted molar refractivity (Wildman–Crippen MR) is 73.5 cm³/mol. The maximum atomic E-state index is 4.23. The van der Waals surface area contributed by atoms with Gasteiger partial charge in [0, 0.05) is 11.9 Å². The molecule has 0 aromatic heterocycles. The molecule has 0 saturated heterocycles. The molecule has 0 saturated carbocycles. The summed E-state index contributed by atoms with van der Waals surface area (Å²) in [5, 5.41) is 3.27. The van der Waals surface area contributed by atoms with Crippen LogP contribution in [0.3, 0.4) is 0 Å². The van der Waals surface area contributed by atoms with Crippen molar-refractivity contribution in [3.8, 4) is 0 Å². The van der Waals surface area contributed by atoms with Gasteiger partial charge in [-0.25, -0.2) is 0 Å². The molecule has 0 aliphatic heterocycles. The summed E-state index contributed by atoms with van der Waals surface area (Å²) in [5.74, 6) is 0. The van der Waals surface area contributed by atoms with Crippen molar-refractivity contribution in [1.82, 2.24) is 5.32 Å². The van der Waals surface area contributed by atoms with Crippen LogP contribution in [0.5, 0.6) is 0 Å². The van der Waals surface area contributed by atoms with Crippen molar-refractivity contribution < 1.29 is 0 Å². The number of nitrogens with one attached hydrogen (secondary N) is 1. The monoisotopic (exact) mass is 216 g/mol. The molecule has 0 aromatic carbocycles. The van der Waals surface area contributed by atoms with Crippen molar-refractivity contribution in [1.29, 1.82) is 0 Å². The summed E-state index contributed by atoms with van der Waals surface area (Å²) in [6.45, 7) is 11.9. The number of allylic oxidation sites excluding steroid dienone is 6. The van der Waals surface area contributed by atoms with Crippen LogP contribution in [-0.4, -0.2) is 12.8 Å². The maximum absolute atomic E-state index is 4.23. The van der Waals surface area contributed by atoms with Gasteiger partial charge in [-0.05, 0) is 19.9 Å². The smallest absolute Gasteiger partial charge is 0.0569 e. The minimum atomic E-state index is 0.696. The molecule has 0 rings (SSSR count). The molecule has 2 heteroatoms. The fourth-order valence-corrected chi connectivity index (χ4v) is 0.992. The van der Waals surface area contributed by atoms with E-state index in [-0.39, 0.29) is 0 Å². The molecule has 0 aliphatic rings. The van der Waals surface area contributed by atoms with E-state index in [9.17, 15) is 0 Å². The maximum Gasteiger partial charge on any atom is 0.0569 e. The van der Waals surface area contributed by atoms with E-state index in [2.05, 4.69) is 23.5 Å². The van der Waals surface area contributed by atoms with Gasteiger partial charge < -0.3 is 5.32 Å². The molecule has 0 spiro atoms. The fourth-order valence-electron chi connectivity index (χ4n) is 0.992. The second-order valence-corrected chi connectivity index (χ2v) is 2.99. The minimum Gasteiger partial charge on any atom is -0.380 e. The summed E-state index contributed by atoms with van der Waals surface area (Å²) in [6.07, 6.45) is 12.9. The fraction of sp³-hybridized carbons (Fsp3) is 0.214. The second-order valence-electron chi connectivity index (χ2n) is 2.99. The van der Waals surface area contributed by atoms with E-state index in [1.54, 1.807) is 18.4 Å². The van der Waals surface area contributed by atoms with Crippen molar-refractivity contribution in [2.24, 2.45) is 4.99 Å². The van der Waals surface area contributed by atoms with Crippen LogP contribution in [0, 0.1) is 0 Å². The van der Waals surface area contributed by atoms with Gasteiger partial charge in [-0.15, -0.1) is 0 Å². The van der Waals surface area contributed by atoms with E-state index in [1.165, 1.54) is 0 Å². The lowest BCUT2D eigenvalue weighted by atomic mass is 10.3. The van der Waals surface area contributed by atoms with E-state index >= 15 is 0 Å². The SMILES string of the molecule is C=C/C=C\C(=C/C)NCC(=C/C)/N=C\C=C. The van der Waals surface area contributed by atoms with Gasteiger partial charge in [-0.3, -0.25) is 4.99 Å². The number of aliphatic imine (C=N–C) groups is 1. The zero-order chi connectivity index (χ0) is 12.2. The van der Waals surface area contributed by atoms with Gasteiger partial charge in [-0.1, -0.05) is 43.5 Å². The Morgan fingerprint density at radius 1 is 1.19 bits per heavy atom. The van der Waals surface area contributed by atoms with Crippen LogP contribution in [0.25, 0.3) is 0 Å². The normalized spacial score (nSPS) is 13.4. The van der Waals surface area contributed by atoms with Gasteiger partial charge in [0.15, 0.2) is 0 Å². The first-order chi connectivity index (χ1) is 7.78. The van der Waals surface area contributed by atoms with E-state index in [1.807, 2.05) is 38.2 Å². The molecule has 86 valence electrons. The van der Waals surface area contributed by atoms with E-state index in [0.29, 0.717) is 6.54 Å². The third-order valence-electron chi connectivity index (χ3n) is 1.88. The van der Waals surface area contributed by atoms with E-state index in [0.717, 1.165) is 11.4 Å². The second kappa shape index (κ2) is 9.71. The van der Waals surface area contributed by atoms with Crippen molar-refractivity contribution in [2.45, 2.75) is 13.8 Å². The summed E-state index contributed by atoms with van der Waals surface area (Å²) in [4.78, 5) is 4.23. The molecule has 2 nitrogen and oxygen atoms in total. The van der Waals surface area contributed by atoms with Gasteiger partial charge in [0.25, 0.3) is 0 Å². The summed E-state index contributed by atoms with van der Waals surface area (Å²) in [6, 6.07) is 0. The predicted octanol–water partition coefficient (Wildman–Crippen LogP) is 3.38. The highest BCUT2D eigenvalue weighted by Gasteiger charge is 1.93. The number of nitrogens with zero attached hydrogens (tertiary/aromatic N) is 1. The van der Waals surface area contributed by atoms with Gasteiger partial charge in [0.2, 0.25) is 0 Å². The minimum absolute atomic E-state index is 0.696. The highest BCUT2D eigenvalue weighted by Crippen LogP contribution is 1.98. The molecule has 1 N–H and O–H groups in total. The first kappa shape index (κ1) is 14.2. The molecule has 0 unspecified atom stereocenters. The Kier molecular flexibility index (Phi) is 8.60. The average Bonchev–Trinajstić information content (AvgIpc) is 2.33. The molecule has 0 heterocycles. The Morgan fingerprint density at radius 2 is 1.94 bits per heavy atom. The van der Waals surface area contributed by atoms with Crippen LogP contribution in [0.1, 0.15) is 13.8 Å². The van der Waals surface area contributed by atoms with Crippen LogP contribution in [-0.2, 0) is 0 Å². The Labute approximate surface area is 98.5 Å². The Balaban J connectivity index is 4.30. The average molecular weight is 216 g/mol. The molecule has 0 amide bonds. The van der Waals surface area contributed by atoms with Crippen LogP contribution in [0.2, 0.25) is 0 Å². The lowest BCUT2D eigenvalue weighted by Gasteiger charge is -2.06. The van der Waals surface area contributed by atoms with Gasteiger partial charge >= 0.3 is 0 Å². The quantitative estimate of drug-likeness (QED) is 0.512. The summed E-state index contributed by atoms with van der Waals surface area (Å²) < 4.78 is 0. The van der Waals surface area contributed by atoms with Gasteiger partial charge in [-0.2, -0.15) is 0 Å². The highest BCUT2D eigenvalue weighted by atomic mass is 14.9. The van der Waals surface area contributed by atoms with E-state index in [4.69, 9.17) is 0 Å². The topological polar surface area (TPSA) is 24.4 Å². The molecule has 0 fully saturated rings. The van der Waals surface area contributed by atoms with Crippen molar-refractivity contribution in [3.63, 3.8) is 0 Å². The van der Waals surface area contributed by atoms with Crippen molar-refractivity contribution in [2.75, 3.05) is 6.54 Å². The van der Waals surface area contributed by atoms with Gasteiger partial charge in [0.05, 0.1) is 12.2 Å². The first-order valence-corrected chi connectivity index (χ1v) is 5.28. The van der Waals surface area contributed by atoms with Crippen molar-refractivity contribution >= 4 is 6.21 Å². The molecule has 0 aliphatic carbocycles. The molecular formula is C14H20N2. The zero-order valence-corrected chi connectivity index (χ0v) is 10.1. The molecule has 0 radical (unpaired) electrons. The van der Waals surface area contributed by atoms with Gasteiger partial charge in [0.1, 0.15) is 0 Å². The Hall–Kier alpha value is -1.83. The lowest BCUT2D eigenvalue weighted by Crippen LogP contribution is -2.14. The van der Waals surface area contributed by atoms with Crippen LogP contribution in [0.4, 0.5) is 0 Å². The van der Waals surface area contributed by atoms with Crippen LogP contribution in [0.15, 0.2) is 66.0 Å². The molecular weight excluding hydrogens is 196 g/mol. The highest BCUT2D eigenvalue weighted by molar-refractivity contribution is 5.71. The largest absolute Gasteiger partial charge is 0.380 e. The summed E-state index contributed by atoms with van der Waals surface area (Å²) in [5.41, 5.74) is 2.03. The first-order valence-electron chi connectivity index (χ1n) is 5.28. The third-order valence-corrected chi connectivity index (χ3v) is 1.88. The standard InChI is InChI=1S/C14H20N2/c1-5-9-10-13(7-3)16-12-14(8-4)15-11-6-2/h5-11,16H,1-2,12H2,3-4H3/b10-9-,13-7+,14-8-,15-11-. The van der Waals surface area contributed by atoms with E-state index < -0.39 is 0 Å². The number of hydrogen-bond acceptors (Lipinski definition) is 2. The zero-order valence-electron chi connectivity index (χ0n) is 10.1. The molecule has 16 heavy (non-hydrogen) atoms.